The van der Waals surface area contributed by atoms with Gasteiger partial charge in [0.15, 0.2) is 11.6 Å². The second-order valence-electron chi connectivity index (χ2n) is 5.88. The van der Waals surface area contributed by atoms with Gasteiger partial charge in [0.2, 0.25) is 0 Å². The lowest BCUT2D eigenvalue weighted by atomic mass is 9.79. The first kappa shape index (κ1) is 16.2. The molecular weight excluding hydrogens is 267 g/mol. The van der Waals surface area contributed by atoms with Gasteiger partial charge in [-0.1, -0.05) is 19.9 Å². The zero-order valence-electron chi connectivity index (χ0n) is 13.4. The van der Waals surface area contributed by atoms with Crippen LogP contribution in [0.25, 0.3) is 0 Å². The maximum atomic E-state index is 14.0. The quantitative estimate of drug-likeness (QED) is 0.873. The molecule has 2 N–H and O–H groups in total. The van der Waals surface area contributed by atoms with Gasteiger partial charge in [0.25, 0.3) is 0 Å². The summed E-state index contributed by atoms with van der Waals surface area (Å²) >= 11 is 0. The highest BCUT2D eigenvalue weighted by Gasteiger charge is 2.41. The van der Waals surface area contributed by atoms with Crippen molar-refractivity contribution in [1.29, 1.82) is 0 Å². The van der Waals surface area contributed by atoms with E-state index in [2.05, 4.69) is 18.7 Å². The lowest BCUT2D eigenvalue weighted by molar-refractivity contribution is 0.0765. The van der Waals surface area contributed by atoms with E-state index < -0.39 is 0 Å². The van der Waals surface area contributed by atoms with Crippen molar-refractivity contribution >= 4 is 0 Å². The smallest absolute Gasteiger partial charge is 0.165 e. The second kappa shape index (κ2) is 6.75. The second-order valence-corrected chi connectivity index (χ2v) is 5.88. The molecule has 1 heterocycles. The number of rotatable bonds is 6. The highest BCUT2D eigenvalue weighted by atomic mass is 19.1. The number of nitrogens with two attached hydrogens (primary N) is 1. The Kier molecular flexibility index (Phi) is 5.22. The Morgan fingerprint density at radius 2 is 1.90 bits per heavy atom. The van der Waals surface area contributed by atoms with Gasteiger partial charge in [0.05, 0.1) is 7.11 Å². The van der Waals surface area contributed by atoms with Crippen LogP contribution in [0.2, 0.25) is 0 Å². The van der Waals surface area contributed by atoms with E-state index in [1.807, 2.05) is 6.07 Å². The van der Waals surface area contributed by atoms with Crippen LogP contribution in [0.4, 0.5) is 4.39 Å². The van der Waals surface area contributed by atoms with Gasteiger partial charge in [-0.15, -0.1) is 0 Å². The van der Waals surface area contributed by atoms with Crippen molar-refractivity contribution in [3.8, 4) is 5.75 Å². The van der Waals surface area contributed by atoms with Gasteiger partial charge in [-0.3, -0.25) is 4.90 Å². The Labute approximate surface area is 127 Å². The van der Waals surface area contributed by atoms with Gasteiger partial charge >= 0.3 is 0 Å². The van der Waals surface area contributed by atoms with E-state index in [4.69, 9.17) is 10.5 Å². The van der Waals surface area contributed by atoms with Crippen LogP contribution in [0, 0.1) is 5.82 Å². The predicted molar refractivity (Wildman–Crippen MR) is 84.0 cm³/mol. The normalized spacial score (nSPS) is 18.0. The third-order valence-electron chi connectivity index (χ3n) is 5.07. The third kappa shape index (κ3) is 2.92. The molecular formula is C17H27FN2O. The van der Waals surface area contributed by atoms with Crippen LogP contribution in [0.3, 0.4) is 0 Å². The van der Waals surface area contributed by atoms with Crippen LogP contribution >= 0.6 is 0 Å². The van der Waals surface area contributed by atoms with E-state index in [0.717, 1.165) is 31.5 Å². The summed E-state index contributed by atoms with van der Waals surface area (Å²) in [6.07, 6.45) is 4.40. The average molecular weight is 294 g/mol. The van der Waals surface area contributed by atoms with E-state index in [-0.39, 0.29) is 23.1 Å². The molecule has 0 saturated carbocycles. The van der Waals surface area contributed by atoms with Crippen molar-refractivity contribution in [2.45, 2.75) is 51.1 Å². The Balaban J connectivity index is 2.33. The predicted octanol–water partition coefficient (Wildman–Crippen LogP) is 3.49. The minimum Gasteiger partial charge on any atom is -0.494 e. The molecule has 1 saturated heterocycles. The van der Waals surface area contributed by atoms with Crippen LogP contribution in [0.15, 0.2) is 18.2 Å². The molecule has 2 rings (SSSR count). The fourth-order valence-electron chi connectivity index (χ4n) is 3.68. The van der Waals surface area contributed by atoms with Crippen LogP contribution in [-0.2, 0) is 0 Å². The molecule has 0 amide bonds. The van der Waals surface area contributed by atoms with Gasteiger partial charge in [-0.2, -0.15) is 0 Å². The van der Waals surface area contributed by atoms with Crippen molar-refractivity contribution in [3.63, 3.8) is 0 Å². The summed E-state index contributed by atoms with van der Waals surface area (Å²) in [5, 5.41) is 0. The SMILES string of the molecule is CCC(CC)(C(N)c1ccc(OC)c(F)c1)N1CCCC1. The molecule has 1 fully saturated rings. The first-order valence-corrected chi connectivity index (χ1v) is 7.93. The Bertz CT molecular complexity index is 468. The highest BCUT2D eigenvalue weighted by molar-refractivity contribution is 5.32. The summed E-state index contributed by atoms with van der Waals surface area (Å²) in [5.74, 6) is -0.0707. The monoisotopic (exact) mass is 294 g/mol. The van der Waals surface area contributed by atoms with Gasteiger partial charge in [-0.05, 0) is 56.5 Å². The van der Waals surface area contributed by atoms with Gasteiger partial charge < -0.3 is 10.5 Å². The van der Waals surface area contributed by atoms with Crippen LogP contribution in [0.5, 0.6) is 5.75 Å². The maximum Gasteiger partial charge on any atom is 0.165 e. The lowest BCUT2D eigenvalue weighted by Gasteiger charge is -2.45. The molecule has 1 aliphatic heterocycles. The first-order chi connectivity index (χ1) is 10.1. The number of benzene rings is 1. The van der Waals surface area contributed by atoms with Gasteiger partial charge in [0.1, 0.15) is 0 Å². The number of halogens is 1. The molecule has 1 unspecified atom stereocenters. The highest BCUT2D eigenvalue weighted by Crippen LogP contribution is 2.38. The molecule has 0 aliphatic carbocycles. The molecule has 0 radical (unpaired) electrons. The average Bonchev–Trinajstić information content (AvgIpc) is 3.03. The summed E-state index contributed by atoms with van der Waals surface area (Å²) in [7, 11) is 1.48. The summed E-state index contributed by atoms with van der Waals surface area (Å²) in [6.45, 7) is 6.55. The molecule has 0 bridgehead atoms. The Morgan fingerprint density at radius 1 is 1.29 bits per heavy atom. The molecule has 1 aromatic carbocycles. The van der Waals surface area contributed by atoms with E-state index >= 15 is 0 Å². The fraction of sp³-hybridized carbons (Fsp3) is 0.647. The van der Waals surface area contributed by atoms with E-state index in [9.17, 15) is 4.39 Å². The van der Waals surface area contributed by atoms with Crippen LogP contribution in [-0.4, -0.2) is 30.6 Å². The summed E-state index contributed by atoms with van der Waals surface area (Å²) in [6, 6.07) is 4.90. The van der Waals surface area contributed by atoms with Crippen molar-refractivity contribution < 1.29 is 9.13 Å². The topological polar surface area (TPSA) is 38.5 Å². The first-order valence-electron chi connectivity index (χ1n) is 7.93. The maximum absolute atomic E-state index is 14.0. The molecule has 21 heavy (non-hydrogen) atoms. The van der Waals surface area contributed by atoms with Crippen molar-refractivity contribution in [3.05, 3.63) is 29.6 Å². The molecule has 3 nitrogen and oxygen atoms in total. The molecule has 1 aromatic rings. The number of methoxy groups -OCH3 is 1. The molecule has 0 spiro atoms. The molecule has 118 valence electrons. The molecule has 4 heteroatoms. The number of hydrogen-bond donors (Lipinski definition) is 1. The largest absolute Gasteiger partial charge is 0.494 e. The number of hydrogen-bond acceptors (Lipinski definition) is 3. The summed E-state index contributed by atoms with van der Waals surface area (Å²) in [5.41, 5.74) is 7.35. The van der Waals surface area contributed by atoms with E-state index in [1.54, 1.807) is 6.07 Å². The van der Waals surface area contributed by atoms with Gasteiger partial charge in [-0.25, -0.2) is 4.39 Å². The van der Waals surface area contributed by atoms with E-state index in [1.165, 1.54) is 26.0 Å². The standard InChI is InChI=1S/C17H27FN2O/c1-4-17(5-2,20-10-6-7-11-20)16(19)13-8-9-15(21-3)14(18)12-13/h8-9,12,16H,4-7,10-11,19H2,1-3H3. The summed E-state index contributed by atoms with van der Waals surface area (Å²) < 4.78 is 19.0. The van der Waals surface area contributed by atoms with Crippen molar-refractivity contribution in [2.75, 3.05) is 20.2 Å². The molecule has 1 atom stereocenters. The molecule has 1 aliphatic rings. The molecule has 0 aromatic heterocycles. The summed E-state index contributed by atoms with van der Waals surface area (Å²) in [4.78, 5) is 2.50. The number of nitrogens with zero attached hydrogens (tertiary/aromatic N) is 1. The number of likely N-dealkylation sites (tertiary alicyclic amines) is 1. The fourth-order valence-corrected chi connectivity index (χ4v) is 3.68. The van der Waals surface area contributed by atoms with E-state index in [0.29, 0.717) is 0 Å². The lowest BCUT2D eigenvalue weighted by Crippen LogP contribution is -2.53. The van der Waals surface area contributed by atoms with Crippen molar-refractivity contribution in [2.24, 2.45) is 5.73 Å². The minimum absolute atomic E-state index is 0.0858. The number of ether oxygens (including phenoxy) is 1. The third-order valence-corrected chi connectivity index (χ3v) is 5.07. The van der Waals surface area contributed by atoms with Crippen LogP contribution in [0.1, 0.15) is 51.1 Å². The zero-order chi connectivity index (χ0) is 15.5. The van der Waals surface area contributed by atoms with Gasteiger partial charge in [0, 0.05) is 11.6 Å². The minimum atomic E-state index is -0.340. The Morgan fingerprint density at radius 3 is 2.38 bits per heavy atom. The van der Waals surface area contributed by atoms with Crippen molar-refractivity contribution in [1.82, 2.24) is 4.90 Å². The zero-order valence-corrected chi connectivity index (χ0v) is 13.4. The van der Waals surface area contributed by atoms with Crippen LogP contribution < -0.4 is 10.5 Å². The Hall–Kier alpha value is -1.13.